The number of carbonyl (C=O) groups is 1. The molecule has 148 valence electrons. The third-order valence-electron chi connectivity index (χ3n) is 4.23. The predicted octanol–water partition coefficient (Wildman–Crippen LogP) is 5.46. The van der Waals surface area contributed by atoms with E-state index in [1.807, 2.05) is 38.1 Å². The number of carbonyl (C=O) groups excluding carboxylic acids is 1. The molecule has 0 atom stereocenters. The van der Waals surface area contributed by atoms with Gasteiger partial charge in [-0.3, -0.25) is 4.99 Å². The Morgan fingerprint density at radius 2 is 1.76 bits per heavy atom. The second kappa shape index (κ2) is 9.55. The van der Waals surface area contributed by atoms with E-state index in [9.17, 15) is 9.90 Å². The summed E-state index contributed by atoms with van der Waals surface area (Å²) in [5.41, 5.74) is 2.80. The van der Waals surface area contributed by atoms with Crippen molar-refractivity contribution in [3.63, 3.8) is 0 Å². The summed E-state index contributed by atoms with van der Waals surface area (Å²) in [6.07, 6.45) is 2.50. The van der Waals surface area contributed by atoms with Gasteiger partial charge in [-0.1, -0.05) is 25.1 Å². The van der Waals surface area contributed by atoms with Crippen LogP contribution in [0, 0.1) is 6.92 Å². The van der Waals surface area contributed by atoms with Crippen LogP contribution < -0.4 is 9.47 Å². The Balaban J connectivity index is 1.67. The molecular weight excluding hydrogens is 366 g/mol. The van der Waals surface area contributed by atoms with Gasteiger partial charge in [0.1, 0.15) is 17.2 Å². The van der Waals surface area contributed by atoms with Crippen molar-refractivity contribution in [1.29, 1.82) is 0 Å². The first-order chi connectivity index (χ1) is 14.1. The summed E-state index contributed by atoms with van der Waals surface area (Å²) in [6.45, 7) is 4.63. The minimum atomic E-state index is -0.507. The third-order valence-corrected chi connectivity index (χ3v) is 4.23. The molecule has 0 saturated heterocycles. The van der Waals surface area contributed by atoms with Crippen molar-refractivity contribution in [2.24, 2.45) is 4.99 Å². The summed E-state index contributed by atoms with van der Waals surface area (Å²) >= 11 is 0. The molecule has 0 aliphatic heterocycles. The first-order valence-electron chi connectivity index (χ1n) is 9.44. The molecule has 0 bridgehead atoms. The summed E-state index contributed by atoms with van der Waals surface area (Å²) in [6, 6.07) is 19.2. The van der Waals surface area contributed by atoms with Gasteiger partial charge in [0.25, 0.3) is 0 Å². The van der Waals surface area contributed by atoms with Crippen molar-refractivity contribution < 1.29 is 19.4 Å². The van der Waals surface area contributed by atoms with Gasteiger partial charge in [0.05, 0.1) is 17.9 Å². The van der Waals surface area contributed by atoms with Crippen molar-refractivity contribution in [3.8, 4) is 17.2 Å². The number of aryl methyl sites for hydroxylation is 1. The maximum atomic E-state index is 12.3. The van der Waals surface area contributed by atoms with E-state index in [-0.39, 0.29) is 11.5 Å². The lowest BCUT2D eigenvalue weighted by Crippen LogP contribution is -2.08. The van der Waals surface area contributed by atoms with Crippen LogP contribution in [0.3, 0.4) is 0 Å². The Hall–Kier alpha value is -3.60. The van der Waals surface area contributed by atoms with E-state index < -0.39 is 5.97 Å². The standard InChI is InChI=1S/C24H23NO4/c1-3-14-28-20-11-8-18(9-12-20)24(27)29-21-13-10-19(23(26)15-21)16-25-22-7-5-4-6-17(22)2/h4-13,15-16,26H,3,14H2,1-2H3. The van der Waals surface area contributed by atoms with Crippen LogP contribution in [0.2, 0.25) is 0 Å². The van der Waals surface area contributed by atoms with E-state index >= 15 is 0 Å². The SMILES string of the molecule is CCCOc1ccc(C(=O)Oc2ccc(C=Nc3ccccc3C)c(O)c2)cc1. The number of phenols is 1. The Morgan fingerprint density at radius 3 is 2.45 bits per heavy atom. The molecule has 5 nitrogen and oxygen atoms in total. The van der Waals surface area contributed by atoms with Gasteiger partial charge in [-0.2, -0.15) is 0 Å². The zero-order valence-corrected chi connectivity index (χ0v) is 16.5. The summed E-state index contributed by atoms with van der Waals surface area (Å²) < 4.78 is 10.9. The molecule has 0 aromatic heterocycles. The molecule has 0 spiro atoms. The first kappa shape index (κ1) is 20.1. The van der Waals surface area contributed by atoms with Crippen molar-refractivity contribution in [1.82, 2.24) is 0 Å². The van der Waals surface area contributed by atoms with Crippen LogP contribution in [-0.2, 0) is 0 Å². The van der Waals surface area contributed by atoms with E-state index in [1.165, 1.54) is 6.07 Å². The molecule has 3 aromatic rings. The fraction of sp³-hybridized carbons (Fsp3) is 0.167. The number of aliphatic imine (C=N–C) groups is 1. The average molecular weight is 389 g/mol. The van der Waals surface area contributed by atoms with Crippen molar-refractivity contribution in [2.75, 3.05) is 6.61 Å². The van der Waals surface area contributed by atoms with E-state index in [1.54, 1.807) is 42.6 Å². The summed E-state index contributed by atoms with van der Waals surface area (Å²) in [5, 5.41) is 10.2. The molecule has 0 saturated carbocycles. The summed E-state index contributed by atoms with van der Waals surface area (Å²) in [7, 11) is 0. The van der Waals surface area contributed by atoms with Gasteiger partial charge in [0.2, 0.25) is 0 Å². The number of aromatic hydroxyl groups is 1. The van der Waals surface area contributed by atoms with Crippen LogP contribution in [0.15, 0.2) is 71.7 Å². The molecule has 0 aliphatic rings. The van der Waals surface area contributed by atoms with Crippen molar-refractivity contribution >= 4 is 17.9 Å². The second-order valence-electron chi connectivity index (χ2n) is 6.53. The quantitative estimate of drug-likeness (QED) is 0.331. The molecule has 0 aliphatic carbocycles. The Labute approximate surface area is 170 Å². The smallest absolute Gasteiger partial charge is 0.343 e. The van der Waals surface area contributed by atoms with E-state index in [0.29, 0.717) is 23.5 Å². The lowest BCUT2D eigenvalue weighted by atomic mass is 10.2. The lowest BCUT2D eigenvalue weighted by Gasteiger charge is -2.08. The number of esters is 1. The molecule has 5 heteroatoms. The van der Waals surface area contributed by atoms with Crippen LogP contribution >= 0.6 is 0 Å². The lowest BCUT2D eigenvalue weighted by molar-refractivity contribution is 0.0734. The first-order valence-corrected chi connectivity index (χ1v) is 9.44. The highest BCUT2D eigenvalue weighted by atomic mass is 16.5. The van der Waals surface area contributed by atoms with Crippen LogP contribution in [-0.4, -0.2) is 23.9 Å². The number of hydrogen-bond donors (Lipinski definition) is 1. The molecule has 3 rings (SSSR count). The van der Waals surface area contributed by atoms with Gasteiger partial charge >= 0.3 is 5.97 Å². The van der Waals surface area contributed by atoms with Gasteiger partial charge in [-0.15, -0.1) is 0 Å². The summed E-state index contributed by atoms with van der Waals surface area (Å²) in [5.74, 6) is 0.439. The molecule has 29 heavy (non-hydrogen) atoms. The topological polar surface area (TPSA) is 68.1 Å². The number of phenolic OH excluding ortho intramolecular Hbond substituents is 1. The molecule has 3 aromatic carbocycles. The molecule has 1 N–H and O–H groups in total. The molecule has 0 radical (unpaired) electrons. The van der Waals surface area contributed by atoms with E-state index in [2.05, 4.69) is 4.99 Å². The minimum Gasteiger partial charge on any atom is -0.507 e. The molecule has 0 unspecified atom stereocenters. The second-order valence-corrected chi connectivity index (χ2v) is 6.53. The number of benzene rings is 3. The molecular formula is C24H23NO4. The highest BCUT2D eigenvalue weighted by Gasteiger charge is 2.10. The fourth-order valence-electron chi connectivity index (χ4n) is 2.62. The van der Waals surface area contributed by atoms with Crippen LogP contribution in [0.25, 0.3) is 0 Å². The average Bonchev–Trinajstić information content (AvgIpc) is 2.73. The third kappa shape index (κ3) is 5.45. The minimum absolute atomic E-state index is 0.0176. The molecule has 0 amide bonds. The van der Waals surface area contributed by atoms with Crippen LogP contribution in [0.5, 0.6) is 17.2 Å². The van der Waals surface area contributed by atoms with Gasteiger partial charge < -0.3 is 14.6 Å². The van der Waals surface area contributed by atoms with Crippen LogP contribution in [0.4, 0.5) is 5.69 Å². The molecule has 0 heterocycles. The van der Waals surface area contributed by atoms with Gasteiger partial charge in [0, 0.05) is 17.8 Å². The van der Waals surface area contributed by atoms with Crippen LogP contribution in [0.1, 0.15) is 34.8 Å². The van der Waals surface area contributed by atoms with E-state index in [0.717, 1.165) is 17.7 Å². The normalized spacial score (nSPS) is 10.8. The fourth-order valence-corrected chi connectivity index (χ4v) is 2.62. The van der Waals surface area contributed by atoms with Gasteiger partial charge in [0.15, 0.2) is 0 Å². The van der Waals surface area contributed by atoms with Crippen molar-refractivity contribution in [2.45, 2.75) is 20.3 Å². The Morgan fingerprint density at radius 1 is 1.03 bits per heavy atom. The maximum Gasteiger partial charge on any atom is 0.343 e. The van der Waals surface area contributed by atoms with Crippen molar-refractivity contribution in [3.05, 3.63) is 83.4 Å². The largest absolute Gasteiger partial charge is 0.507 e. The van der Waals surface area contributed by atoms with Gasteiger partial charge in [-0.25, -0.2) is 4.79 Å². The number of hydrogen-bond acceptors (Lipinski definition) is 5. The zero-order chi connectivity index (χ0) is 20.6. The monoisotopic (exact) mass is 389 g/mol. The van der Waals surface area contributed by atoms with E-state index in [4.69, 9.17) is 9.47 Å². The van der Waals surface area contributed by atoms with Gasteiger partial charge in [-0.05, 0) is 61.4 Å². The number of para-hydroxylation sites is 1. The number of nitrogens with zero attached hydrogens (tertiary/aromatic N) is 1. The summed E-state index contributed by atoms with van der Waals surface area (Å²) in [4.78, 5) is 16.7. The zero-order valence-electron chi connectivity index (χ0n) is 16.5. The molecule has 0 fully saturated rings. The number of rotatable bonds is 7. The highest BCUT2D eigenvalue weighted by Crippen LogP contribution is 2.25. The Bertz CT molecular complexity index is 1010. The number of ether oxygens (including phenoxy) is 2. The Kier molecular flexibility index (Phi) is 6.63. The maximum absolute atomic E-state index is 12.3. The predicted molar refractivity (Wildman–Crippen MR) is 114 cm³/mol. The highest BCUT2D eigenvalue weighted by molar-refractivity contribution is 5.91.